The van der Waals surface area contributed by atoms with Gasteiger partial charge in [0.05, 0.1) is 12.8 Å². The molecule has 5 rings (SSSR count). The fourth-order valence-corrected chi connectivity index (χ4v) is 4.64. The Morgan fingerprint density at radius 3 is 2.53 bits per heavy atom. The quantitative estimate of drug-likeness (QED) is 0.364. The van der Waals surface area contributed by atoms with Gasteiger partial charge in [0.2, 0.25) is 5.91 Å². The second kappa shape index (κ2) is 9.03. The summed E-state index contributed by atoms with van der Waals surface area (Å²) in [5, 5.41) is 7.38. The number of rotatable bonds is 7. The van der Waals surface area contributed by atoms with Crippen molar-refractivity contribution in [1.82, 2.24) is 10.2 Å². The monoisotopic (exact) mass is 485 g/mol. The first-order valence-electron chi connectivity index (χ1n) is 11.8. The lowest BCUT2D eigenvalue weighted by Gasteiger charge is -2.24. The van der Waals surface area contributed by atoms with Crippen molar-refractivity contribution < 1.29 is 23.5 Å². The third kappa shape index (κ3) is 4.04. The third-order valence-corrected chi connectivity index (χ3v) is 6.77. The summed E-state index contributed by atoms with van der Waals surface area (Å²) in [6.45, 7) is 3.22. The van der Waals surface area contributed by atoms with Gasteiger partial charge in [-0.25, -0.2) is 9.69 Å². The zero-order valence-corrected chi connectivity index (χ0v) is 20.3. The number of amides is 4. The zero-order chi connectivity index (χ0) is 25.4. The molecule has 1 fully saturated rings. The Kier molecular flexibility index (Phi) is 5.88. The molecule has 2 heterocycles. The molecule has 1 saturated heterocycles. The standard InChI is InChI=1S/C28H27N3O5/c1-17(31-26(33)28(2,30-27(31)34)14-13-18-9-5-4-6-10-18)25(32)29-21-16-23-20(15-24(21)35-3)19-11-7-8-12-22(19)36-23/h4-12,15-17H,13-14H2,1-3H3,(H,29,32)(H,30,34). The molecular weight excluding hydrogens is 458 g/mol. The molecule has 4 amide bonds. The SMILES string of the molecule is COc1cc2c(cc1NC(=O)C(C)N1C(=O)NC(C)(CCc3ccccc3)C1=O)oc1ccccc12. The Morgan fingerprint density at radius 1 is 1.06 bits per heavy atom. The van der Waals surface area contributed by atoms with Crippen LogP contribution in [0, 0.1) is 0 Å². The van der Waals surface area contributed by atoms with Crippen molar-refractivity contribution in [1.29, 1.82) is 0 Å². The molecule has 8 heteroatoms. The maximum Gasteiger partial charge on any atom is 0.325 e. The molecule has 8 nitrogen and oxygen atoms in total. The van der Waals surface area contributed by atoms with Gasteiger partial charge in [-0.2, -0.15) is 0 Å². The Balaban J connectivity index is 1.35. The van der Waals surface area contributed by atoms with Gasteiger partial charge < -0.3 is 19.8 Å². The van der Waals surface area contributed by atoms with Gasteiger partial charge in [0.15, 0.2) is 0 Å². The van der Waals surface area contributed by atoms with Crippen LogP contribution in [-0.2, 0) is 16.0 Å². The summed E-state index contributed by atoms with van der Waals surface area (Å²) in [5.74, 6) is -0.496. The Labute approximate surface area is 208 Å². The molecule has 2 unspecified atom stereocenters. The van der Waals surface area contributed by atoms with Crippen LogP contribution in [-0.4, -0.2) is 41.4 Å². The number of urea groups is 1. The van der Waals surface area contributed by atoms with Gasteiger partial charge in [0.1, 0.15) is 28.5 Å². The van der Waals surface area contributed by atoms with Crippen LogP contribution in [0.2, 0.25) is 0 Å². The fourth-order valence-electron chi connectivity index (χ4n) is 4.64. The Bertz CT molecular complexity index is 1480. The normalized spacial score (nSPS) is 18.5. The lowest BCUT2D eigenvalue weighted by atomic mass is 9.93. The molecule has 1 aliphatic rings. The van der Waals surface area contributed by atoms with Gasteiger partial charge in [-0.05, 0) is 44.4 Å². The van der Waals surface area contributed by atoms with Crippen LogP contribution < -0.4 is 15.4 Å². The topological polar surface area (TPSA) is 101 Å². The van der Waals surface area contributed by atoms with E-state index in [-0.39, 0.29) is 0 Å². The summed E-state index contributed by atoms with van der Waals surface area (Å²) in [4.78, 5) is 40.2. The first-order chi connectivity index (χ1) is 17.3. The van der Waals surface area contributed by atoms with E-state index in [0.717, 1.165) is 26.8 Å². The van der Waals surface area contributed by atoms with E-state index in [1.807, 2.05) is 54.6 Å². The van der Waals surface area contributed by atoms with Crippen molar-refractivity contribution in [3.05, 3.63) is 72.3 Å². The Hall–Kier alpha value is -4.33. The number of carbonyl (C=O) groups excluding carboxylic acids is 3. The minimum absolute atomic E-state index is 0.389. The number of methoxy groups -OCH3 is 1. The van der Waals surface area contributed by atoms with Crippen LogP contribution in [0.5, 0.6) is 5.75 Å². The van der Waals surface area contributed by atoms with E-state index in [0.29, 0.717) is 29.9 Å². The number of para-hydroxylation sites is 1. The number of fused-ring (bicyclic) bond motifs is 3. The maximum atomic E-state index is 13.3. The summed E-state index contributed by atoms with van der Waals surface area (Å²) in [5.41, 5.74) is 1.67. The number of nitrogens with zero attached hydrogens (tertiary/aromatic N) is 1. The number of benzene rings is 3. The van der Waals surface area contributed by atoms with Gasteiger partial charge in [-0.1, -0.05) is 48.5 Å². The zero-order valence-electron chi connectivity index (χ0n) is 20.3. The van der Waals surface area contributed by atoms with Crippen molar-refractivity contribution in [2.45, 2.75) is 38.3 Å². The predicted molar refractivity (Wildman–Crippen MR) is 137 cm³/mol. The molecule has 184 valence electrons. The molecule has 4 aromatic rings. The van der Waals surface area contributed by atoms with Crippen molar-refractivity contribution in [2.24, 2.45) is 0 Å². The highest BCUT2D eigenvalue weighted by Gasteiger charge is 2.50. The molecule has 3 aromatic carbocycles. The number of anilines is 1. The van der Waals surface area contributed by atoms with E-state index >= 15 is 0 Å². The number of furan rings is 1. The largest absolute Gasteiger partial charge is 0.495 e. The highest BCUT2D eigenvalue weighted by atomic mass is 16.5. The minimum Gasteiger partial charge on any atom is -0.495 e. The summed E-state index contributed by atoms with van der Waals surface area (Å²) in [6, 6.07) is 19.2. The summed E-state index contributed by atoms with van der Waals surface area (Å²) in [6.07, 6.45) is 1.04. The van der Waals surface area contributed by atoms with Crippen LogP contribution in [0.15, 0.2) is 71.1 Å². The van der Waals surface area contributed by atoms with Gasteiger partial charge in [0.25, 0.3) is 5.91 Å². The Morgan fingerprint density at radius 2 is 1.78 bits per heavy atom. The number of ether oxygens (including phenoxy) is 1. The number of aryl methyl sites for hydroxylation is 1. The lowest BCUT2D eigenvalue weighted by molar-refractivity contribution is -0.136. The van der Waals surface area contributed by atoms with Crippen molar-refractivity contribution in [2.75, 3.05) is 12.4 Å². The van der Waals surface area contributed by atoms with E-state index in [1.54, 1.807) is 19.1 Å². The van der Waals surface area contributed by atoms with Gasteiger partial charge in [-0.15, -0.1) is 0 Å². The van der Waals surface area contributed by atoms with Crippen LogP contribution >= 0.6 is 0 Å². The molecule has 2 atom stereocenters. The molecule has 1 aromatic heterocycles. The van der Waals surface area contributed by atoms with E-state index in [2.05, 4.69) is 10.6 Å². The summed E-state index contributed by atoms with van der Waals surface area (Å²) < 4.78 is 11.4. The molecule has 1 aliphatic heterocycles. The third-order valence-electron chi connectivity index (χ3n) is 6.77. The van der Waals surface area contributed by atoms with E-state index in [4.69, 9.17) is 9.15 Å². The van der Waals surface area contributed by atoms with Crippen molar-refractivity contribution >= 4 is 45.5 Å². The fraction of sp³-hybridized carbons (Fsp3) is 0.250. The van der Waals surface area contributed by atoms with Crippen LogP contribution in [0.4, 0.5) is 10.5 Å². The van der Waals surface area contributed by atoms with Crippen molar-refractivity contribution in [3.63, 3.8) is 0 Å². The average Bonchev–Trinajstić information content (AvgIpc) is 3.35. The number of hydrogen-bond acceptors (Lipinski definition) is 5. The maximum absolute atomic E-state index is 13.3. The average molecular weight is 486 g/mol. The number of nitrogens with one attached hydrogen (secondary N) is 2. The number of carbonyl (C=O) groups is 3. The smallest absolute Gasteiger partial charge is 0.325 e. The van der Waals surface area contributed by atoms with Gasteiger partial charge in [-0.3, -0.25) is 9.59 Å². The lowest BCUT2D eigenvalue weighted by Crippen LogP contribution is -2.48. The first kappa shape index (κ1) is 23.4. The molecule has 0 spiro atoms. The summed E-state index contributed by atoms with van der Waals surface area (Å²) >= 11 is 0. The molecule has 0 radical (unpaired) electrons. The van der Waals surface area contributed by atoms with E-state index in [9.17, 15) is 14.4 Å². The minimum atomic E-state index is -1.09. The molecule has 0 aliphatic carbocycles. The second-order valence-corrected chi connectivity index (χ2v) is 9.24. The van der Waals surface area contributed by atoms with Crippen molar-refractivity contribution in [3.8, 4) is 5.75 Å². The predicted octanol–water partition coefficient (Wildman–Crippen LogP) is 4.86. The van der Waals surface area contributed by atoms with E-state index in [1.165, 1.54) is 14.0 Å². The molecule has 0 bridgehead atoms. The van der Waals surface area contributed by atoms with Crippen LogP contribution in [0.1, 0.15) is 25.8 Å². The van der Waals surface area contributed by atoms with Crippen LogP contribution in [0.25, 0.3) is 21.9 Å². The molecule has 36 heavy (non-hydrogen) atoms. The van der Waals surface area contributed by atoms with E-state index < -0.39 is 29.4 Å². The second-order valence-electron chi connectivity index (χ2n) is 9.24. The first-order valence-corrected chi connectivity index (χ1v) is 11.8. The van der Waals surface area contributed by atoms with Gasteiger partial charge >= 0.3 is 6.03 Å². The summed E-state index contributed by atoms with van der Waals surface area (Å²) in [7, 11) is 1.51. The van der Waals surface area contributed by atoms with Crippen LogP contribution in [0.3, 0.4) is 0 Å². The van der Waals surface area contributed by atoms with Gasteiger partial charge in [0, 0.05) is 16.8 Å². The number of imide groups is 1. The molecule has 2 N–H and O–H groups in total. The highest BCUT2D eigenvalue weighted by molar-refractivity contribution is 6.12. The molecule has 0 saturated carbocycles. The highest BCUT2D eigenvalue weighted by Crippen LogP contribution is 2.36. The number of hydrogen-bond donors (Lipinski definition) is 2. The molecular formula is C28H27N3O5.